The van der Waals surface area contributed by atoms with Crippen molar-refractivity contribution in [3.05, 3.63) is 77.9 Å². The van der Waals surface area contributed by atoms with Crippen LogP contribution in [0.4, 0.5) is 0 Å². The molecule has 0 N–H and O–H groups in total. The van der Waals surface area contributed by atoms with Crippen molar-refractivity contribution < 1.29 is 19.1 Å². The first-order valence-corrected chi connectivity index (χ1v) is 10.2. The summed E-state index contributed by atoms with van der Waals surface area (Å²) in [5, 5.41) is 1.86. The second-order valence-corrected chi connectivity index (χ2v) is 7.00. The molecular formula is C25H26O4. The molecule has 0 bridgehead atoms. The Labute approximate surface area is 171 Å². The van der Waals surface area contributed by atoms with Gasteiger partial charge in [-0.15, -0.1) is 0 Å². The fraction of sp³-hybridized carbons (Fsp3) is 0.280. The number of esters is 2. The molecule has 0 aliphatic heterocycles. The van der Waals surface area contributed by atoms with E-state index in [1.807, 2.05) is 36.4 Å². The smallest absolute Gasteiger partial charge is 0.343 e. The van der Waals surface area contributed by atoms with Gasteiger partial charge in [0.15, 0.2) is 0 Å². The van der Waals surface area contributed by atoms with Crippen LogP contribution in [0.2, 0.25) is 0 Å². The Kier molecular flexibility index (Phi) is 7.40. The lowest BCUT2D eigenvalue weighted by Gasteiger charge is -2.09. The van der Waals surface area contributed by atoms with Crippen LogP contribution in [0.1, 0.15) is 59.7 Å². The van der Waals surface area contributed by atoms with Crippen LogP contribution < -0.4 is 4.74 Å². The standard InChI is InChI=1S/C25H26O4/c1-2-3-4-5-8-17-28-24(26)20-13-9-14-21(18-20)25(27)29-23-16-10-12-19-11-6-7-15-22(19)23/h6-7,9-16,18H,2-5,8,17H2,1H3. The summed E-state index contributed by atoms with van der Waals surface area (Å²) >= 11 is 0. The van der Waals surface area contributed by atoms with Crippen molar-refractivity contribution in [3.63, 3.8) is 0 Å². The average molecular weight is 390 g/mol. The van der Waals surface area contributed by atoms with Crippen LogP contribution >= 0.6 is 0 Å². The minimum atomic E-state index is -0.504. The van der Waals surface area contributed by atoms with Crippen LogP contribution in [-0.4, -0.2) is 18.5 Å². The van der Waals surface area contributed by atoms with E-state index in [-0.39, 0.29) is 0 Å². The van der Waals surface area contributed by atoms with Gasteiger partial charge in [-0.3, -0.25) is 0 Å². The van der Waals surface area contributed by atoms with E-state index >= 15 is 0 Å². The normalized spacial score (nSPS) is 10.7. The van der Waals surface area contributed by atoms with Crippen molar-refractivity contribution in [1.29, 1.82) is 0 Å². The fourth-order valence-electron chi connectivity index (χ4n) is 3.17. The van der Waals surface area contributed by atoms with Gasteiger partial charge in [0.2, 0.25) is 0 Å². The largest absolute Gasteiger partial charge is 0.462 e. The van der Waals surface area contributed by atoms with Gasteiger partial charge < -0.3 is 9.47 Å². The van der Waals surface area contributed by atoms with E-state index in [4.69, 9.17) is 9.47 Å². The lowest BCUT2D eigenvalue weighted by Crippen LogP contribution is -2.11. The second kappa shape index (κ2) is 10.4. The number of carbonyl (C=O) groups is 2. The fourth-order valence-corrected chi connectivity index (χ4v) is 3.17. The van der Waals surface area contributed by atoms with Crippen molar-refractivity contribution in [2.45, 2.75) is 39.0 Å². The SMILES string of the molecule is CCCCCCCOC(=O)c1cccc(C(=O)Oc2cccc3ccccc23)c1. The van der Waals surface area contributed by atoms with Crippen LogP contribution in [0.5, 0.6) is 5.75 Å². The number of fused-ring (bicyclic) bond motifs is 1. The maximum atomic E-state index is 12.6. The van der Waals surface area contributed by atoms with Crippen LogP contribution in [0.3, 0.4) is 0 Å². The Morgan fingerprint density at radius 2 is 1.45 bits per heavy atom. The molecule has 0 saturated carbocycles. The highest BCUT2D eigenvalue weighted by Gasteiger charge is 2.14. The van der Waals surface area contributed by atoms with Crippen molar-refractivity contribution >= 4 is 22.7 Å². The summed E-state index contributed by atoms with van der Waals surface area (Å²) in [5.74, 6) is -0.427. The summed E-state index contributed by atoms with van der Waals surface area (Å²) < 4.78 is 10.9. The molecule has 0 atom stereocenters. The molecule has 3 aromatic carbocycles. The number of hydrogen-bond acceptors (Lipinski definition) is 4. The second-order valence-electron chi connectivity index (χ2n) is 7.00. The van der Waals surface area contributed by atoms with Gasteiger partial charge in [0.05, 0.1) is 17.7 Å². The number of carbonyl (C=O) groups excluding carboxylic acids is 2. The third-order valence-electron chi connectivity index (χ3n) is 4.77. The third-order valence-corrected chi connectivity index (χ3v) is 4.77. The van der Waals surface area contributed by atoms with E-state index < -0.39 is 11.9 Å². The van der Waals surface area contributed by atoms with E-state index in [0.29, 0.717) is 23.5 Å². The van der Waals surface area contributed by atoms with Crippen molar-refractivity contribution in [3.8, 4) is 5.75 Å². The van der Waals surface area contributed by atoms with Gasteiger partial charge in [0.25, 0.3) is 0 Å². The molecular weight excluding hydrogens is 364 g/mol. The van der Waals surface area contributed by atoms with Gasteiger partial charge in [0.1, 0.15) is 5.75 Å². The first-order chi connectivity index (χ1) is 14.2. The number of benzene rings is 3. The lowest BCUT2D eigenvalue weighted by atomic mass is 10.1. The van der Waals surface area contributed by atoms with Crippen molar-refractivity contribution in [2.75, 3.05) is 6.61 Å². The van der Waals surface area contributed by atoms with Gasteiger partial charge in [-0.25, -0.2) is 9.59 Å². The van der Waals surface area contributed by atoms with Crippen molar-refractivity contribution in [1.82, 2.24) is 0 Å². The molecule has 0 aliphatic rings. The van der Waals surface area contributed by atoms with E-state index in [0.717, 1.165) is 30.0 Å². The lowest BCUT2D eigenvalue weighted by molar-refractivity contribution is 0.0497. The molecule has 0 heterocycles. The predicted molar refractivity (Wildman–Crippen MR) is 114 cm³/mol. The molecule has 3 aromatic rings. The minimum absolute atomic E-state index is 0.315. The number of rotatable bonds is 9. The topological polar surface area (TPSA) is 52.6 Å². The summed E-state index contributed by atoms with van der Waals surface area (Å²) in [4.78, 5) is 24.9. The van der Waals surface area contributed by atoms with E-state index in [1.54, 1.807) is 24.3 Å². The van der Waals surface area contributed by atoms with E-state index in [9.17, 15) is 9.59 Å². The number of unbranched alkanes of at least 4 members (excludes halogenated alkanes) is 4. The van der Waals surface area contributed by atoms with Gasteiger partial charge >= 0.3 is 11.9 Å². The van der Waals surface area contributed by atoms with Gasteiger partial charge in [0, 0.05) is 5.39 Å². The molecule has 0 unspecified atom stereocenters. The Morgan fingerprint density at radius 1 is 0.759 bits per heavy atom. The monoisotopic (exact) mass is 390 g/mol. The van der Waals surface area contributed by atoms with Crippen molar-refractivity contribution in [2.24, 2.45) is 0 Å². The molecule has 3 rings (SSSR count). The molecule has 0 aromatic heterocycles. The third kappa shape index (κ3) is 5.67. The Morgan fingerprint density at radius 3 is 2.28 bits per heavy atom. The van der Waals surface area contributed by atoms with Gasteiger partial charge in [-0.1, -0.05) is 75.1 Å². The molecule has 0 radical (unpaired) electrons. The van der Waals surface area contributed by atoms with E-state index in [1.165, 1.54) is 18.9 Å². The van der Waals surface area contributed by atoms with Crippen LogP contribution in [0, 0.1) is 0 Å². The first kappa shape index (κ1) is 20.6. The number of hydrogen-bond donors (Lipinski definition) is 0. The molecule has 150 valence electrons. The van der Waals surface area contributed by atoms with E-state index in [2.05, 4.69) is 6.92 Å². The summed E-state index contributed by atoms with van der Waals surface area (Å²) in [7, 11) is 0. The molecule has 4 nitrogen and oxygen atoms in total. The highest BCUT2D eigenvalue weighted by molar-refractivity contribution is 5.98. The molecule has 0 saturated heterocycles. The highest BCUT2D eigenvalue weighted by atomic mass is 16.5. The maximum absolute atomic E-state index is 12.6. The summed E-state index contributed by atoms with van der Waals surface area (Å²) in [6, 6.07) is 19.7. The maximum Gasteiger partial charge on any atom is 0.343 e. The zero-order valence-corrected chi connectivity index (χ0v) is 16.7. The average Bonchev–Trinajstić information content (AvgIpc) is 2.76. The van der Waals surface area contributed by atoms with Gasteiger partial charge in [-0.2, -0.15) is 0 Å². The summed E-state index contributed by atoms with van der Waals surface area (Å²) in [5.41, 5.74) is 0.668. The van der Waals surface area contributed by atoms with Crippen LogP contribution in [0.15, 0.2) is 66.7 Å². The van der Waals surface area contributed by atoms with Gasteiger partial charge in [-0.05, 0) is 36.1 Å². The van der Waals surface area contributed by atoms with Crippen LogP contribution in [0.25, 0.3) is 10.8 Å². The Hall–Kier alpha value is -3.14. The zero-order chi connectivity index (χ0) is 20.5. The first-order valence-electron chi connectivity index (χ1n) is 10.2. The highest BCUT2D eigenvalue weighted by Crippen LogP contribution is 2.26. The molecule has 0 spiro atoms. The molecule has 4 heteroatoms. The number of ether oxygens (including phenoxy) is 2. The molecule has 0 fully saturated rings. The summed E-state index contributed by atoms with van der Waals surface area (Å²) in [6.45, 7) is 2.56. The minimum Gasteiger partial charge on any atom is -0.462 e. The predicted octanol–water partition coefficient (Wildman–Crippen LogP) is 6.19. The Bertz CT molecular complexity index is 972. The molecule has 29 heavy (non-hydrogen) atoms. The summed E-state index contributed by atoms with van der Waals surface area (Å²) in [6.07, 6.45) is 5.45. The molecule has 0 amide bonds. The molecule has 0 aliphatic carbocycles. The van der Waals surface area contributed by atoms with Crippen LogP contribution in [-0.2, 0) is 4.74 Å². The zero-order valence-electron chi connectivity index (χ0n) is 16.7. The quantitative estimate of drug-likeness (QED) is 0.248. The Balaban J connectivity index is 1.62.